The molecule has 0 radical (unpaired) electrons. The van der Waals surface area contributed by atoms with Gasteiger partial charge in [0.15, 0.2) is 0 Å². The highest BCUT2D eigenvalue weighted by Crippen LogP contribution is 2.22. The van der Waals surface area contributed by atoms with Crippen LogP contribution in [-0.2, 0) is 9.59 Å². The topological polar surface area (TPSA) is 69.2 Å². The number of rotatable bonds is 13. The van der Waals surface area contributed by atoms with Crippen LogP contribution in [0.25, 0.3) is 0 Å². The molecule has 0 aliphatic rings. The first-order valence-corrected chi connectivity index (χ1v) is 9.05. The number of aliphatic carboxylic acids is 1. The zero-order chi connectivity index (χ0) is 17.9. The van der Waals surface area contributed by atoms with Crippen LogP contribution < -0.4 is 10.4 Å². The van der Waals surface area contributed by atoms with E-state index in [2.05, 4.69) is 12.2 Å². The van der Waals surface area contributed by atoms with Gasteiger partial charge in [-0.3, -0.25) is 10.1 Å². The summed E-state index contributed by atoms with van der Waals surface area (Å²) in [7, 11) is 5.33. The molecule has 0 aliphatic carbocycles. The van der Waals surface area contributed by atoms with Crippen LogP contribution in [0.3, 0.4) is 0 Å². The quantitative estimate of drug-likeness (QED) is 0.320. The van der Waals surface area contributed by atoms with E-state index < -0.39 is 11.6 Å². The van der Waals surface area contributed by atoms with Crippen molar-refractivity contribution < 1.29 is 19.2 Å². The number of amides is 1. The lowest BCUT2D eigenvalue weighted by Crippen LogP contribution is -2.74. The molecule has 0 bridgehead atoms. The molecule has 0 spiro atoms. The third-order valence-electron chi connectivity index (χ3n) is 4.45. The Hall–Kier alpha value is -1.10. The summed E-state index contributed by atoms with van der Waals surface area (Å²) in [4.78, 5) is 23.9. The van der Waals surface area contributed by atoms with Gasteiger partial charge in [-0.1, -0.05) is 52.4 Å². The number of hydrogen-bond donors (Lipinski definition) is 1. The van der Waals surface area contributed by atoms with Crippen molar-refractivity contribution in [2.45, 2.75) is 83.7 Å². The monoisotopic (exact) mass is 328 g/mol. The Morgan fingerprint density at radius 1 is 0.913 bits per heavy atom. The lowest BCUT2D eigenvalue weighted by molar-refractivity contribution is -0.919. The number of likely N-dealkylation sites (N-methyl/N-ethyl adjacent to an activating group) is 1. The fourth-order valence-electron chi connectivity index (χ4n) is 2.89. The van der Waals surface area contributed by atoms with Crippen molar-refractivity contribution in [3.05, 3.63) is 0 Å². The molecule has 5 heteroatoms. The summed E-state index contributed by atoms with van der Waals surface area (Å²) in [6, 6.07) is 0. The Morgan fingerprint density at radius 3 is 1.87 bits per heavy atom. The summed E-state index contributed by atoms with van der Waals surface area (Å²) in [5, 5.41) is 14.5. The van der Waals surface area contributed by atoms with Crippen molar-refractivity contribution in [3.8, 4) is 0 Å². The second kappa shape index (κ2) is 10.6. The zero-order valence-electron chi connectivity index (χ0n) is 15.7. The number of carbonyl (C=O) groups excluding carboxylic acids is 2. The largest absolute Gasteiger partial charge is 0.542 e. The average Bonchev–Trinajstić information content (AvgIpc) is 2.44. The van der Waals surface area contributed by atoms with E-state index in [1.54, 1.807) is 21.1 Å². The van der Waals surface area contributed by atoms with Crippen molar-refractivity contribution in [2.24, 2.45) is 0 Å². The van der Waals surface area contributed by atoms with Gasteiger partial charge in [0.1, 0.15) is 5.97 Å². The number of carbonyl (C=O) groups is 2. The Morgan fingerprint density at radius 2 is 1.43 bits per heavy atom. The molecule has 0 saturated heterocycles. The molecule has 0 saturated carbocycles. The minimum absolute atomic E-state index is 0.117. The smallest absolute Gasteiger partial charge is 0.224 e. The summed E-state index contributed by atoms with van der Waals surface area (Å²) in [6.07, 6.45) is 9.36. The first-order chi connectivity index (χ1) is 10.7. The van der Waals surface area contributed by atoms with Gasteiger partial charge in [0.25, 0.3) is 0 Å². The minimum atomic E-state index is -1.35. The Kier molecular flexibility index (Phi) is 10.1. The number of quaternary nitrogens is 1. The number of nitrogens with one attached hydrogen (secondary N) is 1. The maximum atomic E-state index is 12.2. The molecule has 23 heavy (non-hydrogen) atoms. The minimum Gasteiger partial charge on any atom is -0.542 e. The molecule has 136 valence electrons. The highest BCUT2D eigenvalue weighted by atomic mass is 16.4. The lowest BCUT2D eigenvalue weighted by atomic mass is 9.99. The summed E-state index contributed by atoms with van der Waals surface area (Å²) in [6.45, 7) is 4.10. The van der Waals surface area contributed by atoms with Crippen LogP contribution >= 0.6 is 0 Å². The Balaban J connectivity index is 4.43. The van der Waals surface area contributed by atoms with E-state index in [4.69, 9.17) is 0 Å². The molecule has 0 rings (SSSR count). The molecule has 0 aromatic carbocycles. The van der Waals surface area contributed by atoms with Crippen molar-refractivity contribution in [1.29, 1.82) is 0 Å². The van der Waals surface area contributed by atoms with Crippen LogP contribution in [0.4, 0.5) is 0 Å². The van der Waals surface area contributed by atoms with E-state index in [-0.39, 0.29) is 10.4 Å². The molecule has 1 amide bonds. The first-order valence-electron chi connectivity index (χ1n) is 9.05. The van der Waals surface area contributed by atoms with Crippen LogP contribution in [0.5, 0.6) is 0 Å². The third-order valence-corrected chi connectivity index (χ3v) is 4.45. The van der Waals surface area contributed by atoms with Gasteiger partial charge in [-0.05, 0) is 12.8 Å². The summed E-state index contributed by atoms with van der Waals surface area (Å²) < 4.78 is 0.117. The van der Waals surface area contributed by atoms with Crippen molar-refractivity contribution in [3.63, 3.8) is 0 Å². The maximum Gasteiger partial charge on any atom is 0.224 e. The van der Waals surface area contributed by atoms with Gasteiger partial charge in [-0.25, -0.2) is 0 Å². The highest BCUT2D eigenvalue weighted by molar-refractivity contribution is 5.84. The zero-order valence-corrected chi connectivity index (χ0v) is 15.7. The number of nitrogens with zero attached hydrogens (tertiary/aromatic N) is 1. The summed E-state index contributed by atoms with van der Waals surface area (Å²) >= 11 is 0. The summed E-state index contributed by atoms with van der Waals surface area (Å²) in [5.41, 5.74) is -1.35. The van der Waals surface area contributed by atoms with Crippen LogP contribution in [-0.4, -0.2) is 43.2 Å². The third kappa shape index (κ3) is 7.34. The van der Waals surface area contributed by atoms with Crippen LogP contribution in [0.1, 0.15) is 78.1 Å². The second-order valence-electron chi connectivity index (χ2n) is 7.33. The van der Waals surface area contributed by atoms with Crippen LogP contribution in [0, 0.1) is 0 Å². The Labute approximate surface area is 142 Å². The fourth-order valence-corrected chi connectivity index (χ4v) is 2.89. The number of unbranched alkanes of at least 4 members (excludes halogenated alkanes) is 6. The van der Waals surface area contributed by atoms with Gasteiger partial charge in [-0.2, -0.15) is 0 Å². The number of hydrogen-bond acceptors (Lipinski definition) is 3. The molecular weight excluding hydrogens is 292 g/mol. The molecule has 1 unspecified atom stereocenters. The molecule has 0 aromatic heterocycles. The molecular formula is C18H36N2O3. The molecule has 1 N–H and O–H groups in total. The van der Waals surface area contributed by atoms with Crippen molar-refractivity contribution >= 4 is 11.9 Å². The van der Waals surface area contributed by atoms with Gasteiger partial charge in [0, 0.05) is 12.8 Å². The molecule has 0 aliphatic heterocycles. The van der Waals surface area contributed by atoms with E-state index in [1.807, 2.05) is 6.92 Å². The van der Waals surface area contributed by atoms with Gasteiger partial charge in [0.2, 0.25) is 11.6 Å². The predicted octanol–water partition coefficient (Wildman–Crippen LogP) is 2.20. The standard InChI is InChI=1S/C18H36N2O3/c1-6-8-9-10-11-12-13-14-16(21)19-18(15-7-2,17(22)23)20(3,4)5/h6-15H2,1-5H3,(H-,19,21,22,23). The molecule has 0 heterocycles. The van der Waals surface area contributed by atoms with E-state index >= 15 is 0 Å². The number of carboxylic acids is 1. The molecule has 0 fully saturated rings. The van der Waals surface area contributed by atoms with E-state index in [0.29, 0.717) is 19.3 Å². The molecule has 1 atom stereocenters. The van der Waals surface area contributed by atoms with Crippen LogP contribution in [0.15, 0.2) is 0 Å². The average molecular weight is 328 g/mol. The van der Waals surface area contributed by atoms with Gasteiger partial charge < -0.3 is 14.4 Å². The van der Waals surface area contributed by atoms with Crippen molar-refractivity contribution in [1.82, 2.24) is 5.32 Å². The maximum absolute atomic E-state index is 12.2. The normalized spacial score (nSPS) is 14.3. The van der Waals surface area contributed by atoms with Crippen LogP contribution in [0.2, 0.25) is 0 Å². The van der Waals surface area contributed by atoms with E-state index in [9.17, 15) is 14.7 Å². The van der Waals surface area contributed by atoms with Crippen molar-refractivity contribution in [2.75, 3.05) is 21.1 Å². The van der Waals surface area contributed by atoms with Gasteiger partial charge in [-0.15, -0.1) is 0 Å². The van der Waals surface area contributed by atoms with Gasteiger partial charge >= 0.3 is 0 Å². The lowest BCUT2D eigenvalue weighted by Gasteiger charge is -2.46. The van der Waals surface area contributed by atoms with E-state index in [1.165, 1.54) is 25.7 Å². The fraction of sp³-hybridized carbons (Fsp3) is 0.889. The highest BCUT2D eigenvalue weighted by Gasteiger charge is 2.45. The first kappa shape index (κ1) is 21.9. The second-order valence-corrected chi connectivity index (χ2v) is 7.33. The van der Waals surface area contributed by atoms with E-state index in [0.717, 1.165) is 19.3 Å². The molecule has 0 aromatic rings. The number of carboxylic acid groups (broad SMARTS) is 1. The Bertz CT molecular complexity index is 364. The van der Waals surface area contributed by atoms with Gasteiger partial charge in [0.05, 0.1) is 21.1 Å². The SMILES string of the molecule is CCCCCCCCCC(=O)NC(CCC)(C(=O)[O-])[N+](C)(C)C. The molecule has 5 nitrogen and oxygen atoms in total. The summed E-state index contributed by atoms with van der Waals surface area (Å²) in [5.74, 6) is -1.40. The predicted molar refractivity (Wildman–Crippen MR) is 91.4 cm³/mol.